The van der Waals surface area contributed by atoms with Crippen LogP contribution in [0.25, 0.3) is 0 Å². The van der Waals surface area contributed by atoms with E-state index < -0.39 is 0 Å². The molecule has 1 aromatic heterocycles. The fraction of sp³-hybridized carbons (Fsp3) is 0.765. The summed E-state index contributed by atoms with van der Waals surface area (Å²) < 4.78 is 5.64. The van der Waals surface area contributed by atoms with Crippen molar-refractivity contribution in [2.45, 2.75) is 66.0 Å². The van der Waals surface area contributed by atoms with Crippen LogP contribution >= 0.6 is 0 Å². The molecule has 0 spiro atoms. The third kappa shape index (κ3) is 3.86. The van der Waals surface area contributed by atoms with Crippen LogP contribution < -0.4 is 5.32 Å². The number of aliphatic hydroxyl groups excluding tert-OH is 1. The van der Waals surface area contributed by atoms with Crippen molar-refractivity contribution in [3.63, 3.8) is 0 Å². The van der Waals surface area contributed by atoms with Crippen molar-refractivity contribution in [3.05, 3.63) is 23.7 Å². The van der Waals surface area contributed by atoms with Crippen molar-refractivity contribution in [1.29, 1.82) is 0 Å². The van der Waals surface area contributed by atoms with Crippen LogP contribution in [0.3, 0.4) is 0 Å². The summed E-state index contributed by atoms with van der Waals surface area (Å²) in [7, 11) is 0. The van der Waals surface area contributed by atoms with Crippen molar-refractivity contribution in [2.24, 2.45) is 10.8 Å². The first-order valence-corrected chi connectivity index (χ1v) is 7.66. The fourth-order valence-corrected chi connectivity index (χ4v) is 3.43. The topological polar surface area (TPSA) is 45.4 Å². The molecule has 0 amide bonds. The summed E-state index contributed by atoms with van der Waals surface area (Å²) in [5.41, 5.74) is 1.69. The van der Waals surface area contributed by atoms with Crippen LogP contribution in [0.4, 0.5) is 0 Å². The molecular weight excluding hydrogens is 250 g/mol. The molecule has 0 radical (unpaired) electrons. The summed E-state index contributed by atoms with van der Waals surface area (Å²) in [5.74, 6) is 1.13. The van der Waals surface area contributed by atoms with E-state index in [1.807, 2.05) is 13.2 Å². The van der Waals surface area contributed by atoms with Crippen LogP contribution in [-0.4, -0.2) is 17.8 Å². The van der Waals surface area contributed by atoms with E-state index in [1.165, 1.54) is 5.56 Å². The van der Waals surface area contributed by atoms with Crippen molar-refractivity contribution in [2.75, 3.05) is 6.54 Å². The minimum absolute atomic E-state index is 0.0969. The smallest absolute Gasteiger partial charge is 0.109 e. The molecular formula is C17H29NO2. The zero-order valence-corrected chi connectivity index (χ0v) is 13.5. The molecule has 20 heavy (non-hydrogen) atoms. The number of rotatable bonds is 5. The maximum Gasteiger partial charge on any atom is 0.109 e. The SMILES string of the molecule is CC(O)CC(C)(C)CNC1CC(C)(C)Cc2occc21. The third-order valence-electron chi connectivity index (χ3n) is 4.23. The van der Waals surface area contributed by atoms with Crippen molar-refractivity contribution >= 4 is 0 Å². The number of aliphatic hydroxyl groups is 1. The van der Waals surface area contributed by atoms with Gasteiger partial charge in [-0.25, -0.2) is 0 Å². The standard InChI is InChI=1S/C17H29NO2/c1-12(19)8-17(4,5)11-18-14-9-16(2,3)10-15-13(14)6-7-20-15/h6-7,12,14,18-19H,8-11H2,1-5H3. The predicted octanol–water partition coefficient (Wildman–Crippen LogP) is 3.68. The van der Waals surface area contributed by atoms with E-state index in [2.05, 4.69) is 39.1 Å². The Kier molecular flexibility index (Phi) is 4.31. The van der Waals surface area contributed by atoms with Gasteiger partial charge in [0, 0.05) is 24.6 Å². The van der Waals surface area contributed by atoms with Gasteiger partial charge in [-0.2, -0.15) is 0 Å². The van der Waals surface area contributed by atoms with Gasteiger partial charge in [0.2, 0.25) is 0 Å². The molecule has 2 rings (SSSR count). The Morgan fingerprint density at radius 1 is 1.50 bits per heavy atom. The molecule has 0 aromatic carbocycles. The van der Waals surface area contributed by atoms with E-state index in [4.69, 9.17) is 4.42 Å². The van der Waals surface area contributed by atoms with Crippen molar-refractivity contribution in [1.82, 2.24) is 5.32 Å². The highest BCUT2D eigenvalue weighted by molar-refractivity contribution is 5.26. The lowest BCUT2D eigenvalue weighted by atomic mass is 9.74. The second kappa shape index (κ2) is 5.53. The van der Waals surface area contributed by atoms with Gasteiger partial charge in [0.05, 0.1) is 12.4 Å². The minimum atomic E-state index is -0.251. The molecule has 2 atom stereocenters. The lowest BCUT2D eigenvalue weighted by Gasteiger charge is -2.37. The predicted molar refractivity (Wildman–Crippen MR) is 81.6 cm³/mol. The lowest BCUT2D eigenvalue weighted by molar-refractivity contribution is 0.123. The van der Waals surface area contributed by atoms with Crippen LogP contribution in [0.15, 0.2) is 16.7 Å². The molecule has 1 aromatic rings. The van der Waals surface area contributed by atoms with Crippen molar-refractivity contribution in [3.8, 4) is 0 Å². The number of fused-ring (bicyclic) bond motifs is 1. The summed E-state index contributed by atoms with van der Waals surface area (Å²) in [6.07, 6.45) is 4.52. The van der Waals surface area contributed by atoms with Gasteiger partial charge >= 0.3 is 0 Å². The number of nitrogens with one attached hydrogen (secondary N) is 1. The van der Waals surface area contributed by atoms with E-state index in [-0.39, 0.29) is 16.9 Å². The zero-order valence-electron chi connectivity index (χ0n) is 13.5. The first-order chi connectivity index (χ1) is 9.19. The Hall–Kier alpha value is -0.800. The molecule has 2 unspecified atom stereocenters. The van der Waals surface area contributed by atoms with Gasteiger partial charge in [-0.3, -0.25) is 0 Å². The summed E-state index contributed by atoms with van der Waals surface area (Å²) in [6.45, 7) is 11.8. The van der Waals surface area contributed by atoms with Gasteiger partial charge in [0.25, 0.3) is 0 Å². The molecule has 114 valence electrons. The molecule has 1 aliphatic rings. The first-order valence-electron chi connectivity index (χ1n) is 7.66. The molecule has 0 aliphatic heterocycles. The van der Waals surface area contributed by atoms with E-state index in [0.717, 1.165) is 31.6 Å². The van der Waals surface area contributed by atoms with Crippen LogP contribution in [0.1, 0.15) is 64.8 Å². The summed E-state index contributed by atoms with van der Waals surface area (Å²) in [6, 6.07) is 2.46. The normalized spacial score (nSPS) is 23.4. The Morgan fingerprint density at radius 3 is 2.85 bits per heavy atom. The Balaban J connectivity index is 2.03. The minimum Gasteiger partial charge on any atom is -0.469 e. The van der Waals surface area contributed by atoms with Crippen LogP contribution in [-0.2, 0) is 6.42 Å². The summed E-state index contributed by atoms with van der Waals surface area (Å²) >= 11 is 0. The van der Waals surface area contributed by atoms with Gasteiger partial charge in [-0.1, -0.05) is 27.7 Å². The number of hydrogen-bond acceptors (Lipinski definition) is 3. The molecule has 0 fully saturated rings. The van der Waals surface area contributed by atoms with E-state index in [1.54, 1.807) is 0 Å². The molecule has 1 aliphatic carbocycles. The highest BCUT2D eigenvalue weighted by atomic mass is 16.3. The highest BCUT2D eigenvalue weighted by Crippen LogP contribution is 2.41. The van der Waals surface area contributed by atoms with E-state index in [9.17, 15) is 5.11 Å². The quantitative estimate of drug-likeness (QED) is 0.864. The second-order valence-electron chi connectivity index (χ2n) is 8.00. The van der Waals surface area contributed by atoms with E-state index in [0.29, 0.717) is 6.04 Å². The average Bonchev–Trinajstić information content (AvgIpc) is 2.70. The Labute approximate surface area is 122 Å². The summed E-state index contributed by atoms with van der Waals surface area (Å²) in [5, 5.41) is 13.3. The van der Waals surface area contributed by atoms with Crippen LogP contribution in [0, 0.1) is 10.8 Å². The maximum absolute atomic E-state index is 9.59. The van der Waals surface area contributed by atoms with Crippen LogP contribution in [0.5, 0.6) is 0 Å². The molecule has 0 saturated carbocycles. The molecule has 2 N–H and O–H groups in total. The highest BCUT2D eigenvalue weighted by Gasteiger charge is 2.34. The average molecular weight is 279 g/mol. The largest absolute Gasteiger partial charge is 0.469 e. The lowest BCUT2D eigenvalue weighted by Crippen LogP contribution is -2.38. The third-order valence-corrected chi connectivity index (χ3v) is 4.23. The Morgan fingerprint density at radius 2 is 2.20 bits per heavy atom. The molecule has 3 nitrogen and oxygen atoms in total. The van der Waals surface area contributed by atoms with Gasteiger partial charge in [0.1, 0.15) is 5.76 Å². The summed E-state index contributed by atoms with van der Waals surface area (Å²) in [4.78, 5) is 0. The Bertz CT molecular complexity index is 446. The van der Waals surface area contributed by atoms with Gasteiger partial charge < -0.3 is 14.8 Å². The van der Waals surface area contributed by atoms with E-state index >= 15 is 0 Å². The zero-order chi connectivity index (χ0) is 15.0. The fourth-order valence-electron chi connectivity index (χ4n) is 3.43. The van der Waals surface area contributed by atoms with Gasteiger partial charge in [-0.15, -0.1) is 0 Å². The first kappa shape index (κ1) is 15.6. The number of furan rings is 1. The molecule has 1 heterocycles. The second-order valence-corrected chi connectivity index (χ2v) is 8.00. The molecule has 0 saturated heterocycles. The van der Waals surface area contributed by atoms with Crippen LogP contribution in [0.2, 0.25) is 0 Å². The van der Waals surface area contributed by atoms with Gasteiger partial charge in [-0.05, 0) is 36.7 Å². The van der Waals surface area contributed by atoms with Gasteiger partial charge in [0.15, 0.2) is 0 Å². The van der Waals surface area contributed by atoms with Crippen molar-refractivity contribution < 1.29 is 9.52 Å². The monoisotopic (exact) mass is 279 g/mol. The number of hydrogen-bond donors (Lipinski definition) is 2. The maximum atomic E-state index is 9.59. The molecule has 3 heteroatoms. The molecule has 0 bridgehead atoms.